The number of hydrogen-bond acceptors (Lipinski definition) is 3. The molecule has 0 saturated carbocycles. The van der Waals surface area contributed by atoms with Crippen LogP contribution in [0.25, 0.3) is 0 Å². The van der Waals surface area contributed by atoms with Gasteiger partial charge < -0.3 is 15.5 Å². The SMILES string of the molecule is CN(C)CC1CCN(C(=O)c2cc(N)cc(Br)c2)CC1. The Hall–Kier alpha value is -1.07. The van der Waals surface area contributed by atoms with Gasteiger partial charge >= 0.3 is 0 Å². The number of rotatable bonds is 3. The van der Waals surface area contributed by atoms with Crippen LogP contribution in [0.1, 0.15) is 23.2 Å². The van der Waals surface area contributed by atoms with Crippen LogP contribution in [0, 0.1) is 5.92 Å². The Morgan fingerprint density at radius 3 is 2.55 bits per heavy atom. The van der Waals surface area contributed by atoms with Gasteiger partial charge in [0.15, 0.2) is 0 Å². The molecule has 1 aromatic carbocycles. The molecule has 0 radical (unpaired) electrons. The topological polar surface area (TPSA) is 49.6 Å². The molecule has 5 heteroatoms. The highest BCUT2D eigenvalue weighted by molar-refractivity contribution is 9.10. The minimum Gasteiger partial charge on any atom is -0.399 e. The number of halogens is 1. The number of benzene rings is 1. The Labute approximate surface area is 129 Å². The summed E-state index contributed by atoms with van der Waals surface area (Å²) < 4.78 is 0.850. The van der Waals surface area contributed by atoms with Gasteiger partial charge in [0, 0.05) is 35.4 Å². The maximum atomic E-state index is 12.5. The van der Waals surface area contributed by atoms with Crippen molar-refractivity contribution < 1.29 is 4.79 Å². The van der Waals surface area contributed by atoms with Gasteiger partial charge in [0.05, 0.1) is 0 Å². The van der Waals surface area contributed by atoms with Gasteiger partial charge in [-0.1, -0.05) is 15.9 Å². The summed E-state index contributed by atoms with van der Waals surface area (Å²) in [6.45, 7) is 2.78. The molecule has 1 fully saturated rings. The molecule has 0 aliphatic carbocycles. The van der Waals surface area contributed by atoms with Crippen LogP contribution in [0.3, 0.4) is 0 Å². The first-order valence-corrected chi connectivity index (χ1v) is 7.75. The highest BCUT2D eigenvalue weighted by Gasteiger charge is 2.24. The van der Waals surface area contributed by atoms with Crippen molar-refractivity contribution in [3.8, 4) is 0 Å². The molecule has 2 N–H and O–H groups in total. The van der Waals surface area contributed by atoms with E-state index in [1.807, 2.05) is 11.0 Å². The van der Waals surface area contributed by atoms with Crippen LogP contribution in [0.2, 0.25) is 0 Å². The zero-order valence-electron chi connectivity index (χ0n) is 12.1. The van der Waals surface area contributed by atoms with Gasteiger partial charge in [0.1, 0.15) is 0 Å². The normalized spacial score (nSPS) is 16.7. The number of nitrogens with zero attached hydrogens (tertiary/aromatic N) is 2. The number of amides is 1. The average Bonchev–Trinajstić information content (AvgIpc) is 2.37. The third kappa shape index (κ3) is 3.96. The Morgan fingerprint density at radius 1 is 1.35 bits per heavy atom. The molecule has 1 heterocycles. The van der Waals surface area contributed by atoms with E-state index in [4.69, 9.17) is 5.73 Å². The molecule has 20 heavy (non-hydrogen) atoms. The molecule has 0 aromatic heterocycles. The van der Waals surface area contributed by atoms with Crippen LogP contribution in [0.5, 0.6) is 0 Å². The van der Waals surface area contributed by atoms with Gasteiger partial charge in [-0.2, -0.15) is 0 Å². The minimum absolute atomic E-state index is 0.0845. The quantitative estimate of drug-likeness (QED) is 0.860. The van der Waals surface area contributed by atoms with Crippen molar-refractivity contribution in [3.63, 3.8) is 0 Å². The van der Waals surface area contributed by atoms with E-state index in [1.165, 1.54) is 0 Å². The van der Waals surface area contributed by atoms with Crippen molar-refractivity contribution in [2.75, 3.05) is 39.5 Å². The molecular weight excluding hydrogens is 318 g/mol. The second-order valence-electron chi connectivity index (χ2n) is 5.77. The molecule has 0 atom stereocenters. The van der Waals surface area contributed by atoms with Gasteiger partial charge in [-0.3, -0.25) is 4.79 Å². The van der Waals surface area contributed by atoms with Crippen molar-refractivity contribution in [1.29, 1.82) is 0 Å². The first-order chi connectivity index (χ1) is 9.45. The van der Waals surface area contributed by atoms with E-state index >= 15 is 0 Å². The molecule has 1 aromatic rings. The number of nitrogen functional groups attached to an aromatic ring is 1. The molecule has 0 spiro atoms. The fourth-order valence-corrected chi connectivity index (χ4v) is 3.26. The van der Waals surface area contributed by atoms with E-state index < -0.39 is 0 Å². The van der Waals surface area contributed by atoms with Crippen molar-refractivity contribution >= 4 is 27.5 Å². The number of anilines is 1. The molecule has 110 valence electrons. The Balaban J connectivity index is 1.98. The lowest BCUT2D eigenvalue weighted by atomic mass is 9.96. The van der Waals surface area contributed by atoms with E-state index in [0.717, 1.165) is 36.9 Å². The predicted octanol–water partition coefficient (Wildman–Crippen LogP) is 2.45. The average molecular weight is 340 g/mol. The fraction of sp³-hybridized carbons (Fsp3) is 0.533. The second-order valence-corrected chi connectivity index (χ2v) is 6.69. The molecule has 4 nitrogen and oxygen atoms in total. The maximum Gasteiger partial charge on any atom is 0.253 e. The summed E-state index contributed by atoms with van der Waals surface area (Å²) >= 11 is 3.39. The third-order valence-electron chi connectivity index (χ3n) is 3.69. The standard InChI is InChI=1S/C15H22BrN3O/c1-18(2)10-11-3-5-19(6-4-11)15(20)12-7-13(16)9-14(17)8-12/h7-9,11H,3-6,10,17H2,1-2H3. The smallest absolute Gasteiger partial charge is 0.253 e. The molecule has 1 aliphatic rings. The predicted molar refractivity (Wildman–Crippen MR) is 85.7 cm³/mol. The minimum atomic E-state index is 0.0845. The summed E-state index contributed by atoms with van der Waals surface area (Å²) in [5.74, 6) is 0.780. The molecular formula is C15H22BrN3O. The highest BCUT2D eigenvalue weighted by atomic mass is 79.9. The molecule has 1 saturated heterocycles. The molecule has 1 aliphatic heterocycles. The summed E-state index contributed by atoms with van der Waals surface area (Å²) in [5.41, 5.74) is 7.08. The summed E-state index contributed by atoms with van der Waals surface area (Å²) in [4.78, 5) is 16.6. The van der Waals surface area contributed by atoms with Gasteiger partial charge in [0.2, 0.25) is 0 Å². The van der Waals surface area contributed by atoms with Gasteiger partial charge in [-0.25, -0.2) is 0 Å². The molecule has 0 bridgehead atoms. The van der Waals surface area contributed by atoms with Crippen LogP contribution in [0.15, 0.2) is 22.7 Å². The van der Waals surface area contributed by atoms with Crippen LogP contribution in [-0.2, 0) is 0 Å². The van der Waals surface area contributed by atoms with Crippen molar-refractivity contribution in [1.82, 2.24) is 9.80 Å². The second kappa shape index (κ2) is 6.59. The number of carbonyl (C=O) groups excluding carboxylic acids is 1. The number of likely N-dealkylation sites (tertiary alicyclic amines) is 1. The number of piperidine rings is 1. The van der Waals surface area contributed by atoms with E-state index in [1.54, 1.807) is 12.1 Å². The summed E-state index contributed by atoms with van der Waals surface area (Å²) in [6, 6.07) is 5.39. The first kappa shape index (κ1) is 15.3. The Bertz CT molecular complexity index is 462. The van der Waals surface area contributed by atoms with E-state index in [9.17, 15) is 4.79 Å². The highest BCUT2D eigenvalue weighted by Crippen LogP contribution is 2.22. The molecule has 1 amide bonds. The van der Waals surface area contributed by atoms with Crippen molar-refractivity contribution in [2.45, 2.75) is 12.8 Å². The van der Waals surface area contributed by atoms with Crippen LogP contribution < -0.4 is 5.73 Å². The van der Waals surface area contributed by atoms with Crippen molar-refractivity contribution in [3.05, 3.63) is 28.2 Å². The van der Waals surface area contributed by atoms with E-state index in [2.05, 4.69) is 34.9 Å². The van der Waals surface area contributed by atoms with Crippen molar-refractivity contribution in [2.24, 2.45) is 5.92 Å². The van der Waals surface area contributed by atoms with Crippen LogP contribution in [0.4, 0.5) is 5.69 Å². The largest absolute Gasteiger partial charge is 0.399 e. The Kier molecular flexibility index (Phi) is 5.05. The summed E-state index contributed by atoms with van der Waals surface area (Å²) in [7, 11) is 4.20. The van der Waals surface area contributed by atoms with Gasteiger partial charge in [-0.15, -0.1) is 0 Å². The monoisotopic (exact) mass is 339 g/mol. The first-order valence-electron chi connectivity index (χ1n) is 6.96. The molecule has 0 unspecified atom stereocenters. The Morgan fingerprint density at radius 2 is 2.00 bits per heavy atom. The zero-order valence-corrected chi connectivity index (χ0v) is 13.7. The van der Waals surface area contributed by atoms with E-state index in [0.29, 0.717) is 17.2 Å². The summed E-state index contributed by atoms with van der Waals surface area (Å²) in [5, 5.41) is 0. The van der Waals surface area contributed by atoms with Gasteiger partial charge in [0.25, 0.3) is 5.91 Å². The lowest BCUT2D eigenvalue weighted by Crippen LogP contribution is -2.40. The van der Waals surface area contributed by atoms with Gasteiger partial charge in [-0.05, 0) is 51.1 Å². The number of carbonyl (C=O) groups is 1. The van der Waals surface area contributed by atoms with E-state index in [-0.39, 0.29) is 5.91 Å². The third-order valence-corrected chi connectivity index (χ3v) is 4.15. The van der Waals surface area contributed by atoms with Crippen LogP contribution >= 0.6 is 15.9 Å². The lowest BCUT2D eigenvalue weighted by molar-refractivity contribution is 0.0678. The summed E-state index contributed by atoms with van der Waals surface area (Å²) in [6.07, 6.45) is 2.15. The molecule has 2 rings (SSSR count). The number of hydrogen-bond donors (Lipinski definition) is 1. The van der Waals surface area contributed by atoms with Crippen LogP contribution in [-0.4, -0.2) is 49.4 Å². The maximum absolute atomic E-state index is 12.5. The fourth-order valence-electron chi connectivity index (χ4n) is 2.75. The zero-order chi connectivity index (χ0) is 14.7. The lowest BCUT2D eigenvalue weighted by Gasteiger charge is -2.33. The number of nitrogens with two attached hydrogens (primary N) is 1.